The second kappa shape index (κ2) is 26.2. The van der Waals surface area contributed by atoms with Crippen molar-refractivity contribution in [3.05, 3.63) is 12.2 Å². The molecule has 0 saturated heterocycles. The molecular weight excluding hydrogens is 536 g/mol. The molecule has 0 aromatic heterocycles. The number of rotatable bonds is 29. The van der Waals surface area contributed by atoms with Gasteiger partial charge in [-0.15, -0.1) is 0 Å². The van der Waals surface area contributed by atoms with Gasteiger partial charge in [-0.3, -0.25) is 9.59 Å². The first-order valence-electron chi connectivity index (χ1n) is 13.4. The lowest BCUT2D eigenvalue weighted by atomic mass is 10.4. The van der Waals surface area contributed by atoms with Crippen LogP contribution in [0.3, 0.4) is 0 Å². The minimum Gasteiger partial charge on any atom is -0.481 e. The van der Waals surface area contributed by atoms with Gasteiger partial charge in [0, 0.05) is 6.54 Å². The van der Waals surface area contributed by atoms with Crippen LogP contribution in [-0.4, -0.2) is 163 Å². The van der Waals surface area contributed by atoms with Crippen molar-refractivity contribution in [3.8, 4) is 0 Å². The number of aliphatic hydroxyl groups excluding tert-OH is 2. The predicted octanol–water partition coefficient (Wildman–Crippen LogP) is -1.78. The average molecular weight is 583 g/mol. The molecule has 15 nitrogen and oxygen atoms in total. The van der Waals surface area contributed by atoms with E-state index in [4.69, 9.17) is 43.0 Å². The van der Waals surface area contributed by atoms with Crippen molar-refractivity contribution < 1.29 is 62.8 Å². The molecular formula is C25H46N2O13. The van der Waals surface area contributed by atoms with Crippen LogP contribution in [0.1, 0.15) is 6.42 Å². The van der Waals surface area contributed by atoms with Crippen molar-refractivity contribution in [2.75, 3.05) is 119 Å². The Labute approximate surface area is 235 Å². The second-order valence-corrected chi connectivity index (χ2v) is 8.28. The number of nitrogens with one attached hydrogen (secondary N) is 1. The number of aliphatic carboxylic acids is 1. The lowest BCUT2D eigenvalue weighted by Gasteiger charge is -2.22. The Bertz CT molecular complexity index is 644. The summed E-state index contributed by atoms with van der Waals surface area (Å²) in [6.45, 7) is 6.77. The second-order valence-electron chi connectivity index (χ2n) is 8.28. The lowest BCUT2D eigenvalue weighted by molar-refractivity contribution is -0.138. The van der Waals surface area contributed by atoms with E-state index in [0.717, 1.165) is 0 Å². The first-order valence-corrected chi connectivity index (χ1v) is 13.4. The standard InChI is InChI=1S/C25H46N2O13/c28-22(21-27-23(29)1-2-24(27)30)26-4-6-34-8-10-36-12-14-38-16-18-40-20-19-39-17-15-37-13-11-35-9-7-33-5-3-25(31)32/h1-2,23-24,29-30H,3-21H2,(H,26,28)(H,31,32). The molecule has 1 rings (SSSR count). The van der Waals surface area contributed by atoms with Crippen molar-refractivity contribution in [2.24, 2.45) is 0 Å². The molecule has 1 aliphatic rings. The molecule has 4 N–H and O–H groups in total. The molecule has 40 heavy (non-hydrogen) atoms. The van der Waals surface area contributed by atoms with Crippen molar-refractivity contribution in [1.29, 1.82) is 0 Å². The summed E-state index contributed by atoms with van der Waals surface area (Å²) in [6, 6.07) is 0. The zero-order chi connectivity index (χ0) is 29.1. The number of carboxylic acid groups (broad SMARTS) is 1. The Hall–Kier alpha value is -1.76. The molecule has 15 heteroatoms. The van der Waals surface area contributed by atoms with Gasteiger partial charge in [-0.1, -0.05) is 0 Å². The van der Waals surface area contributed by atoms with E-state index in [1.807, 2.05) is 0 Å². The summed E-state index contributed by atoms with van der Waals surface area (Å²) in [4.78, 5) is 23.4. The summed E-state index contributed by atoms with van der Waals surface area (Å²) < 4.78 is 42.8. The molecule has 1 amide bonds. The van der Waals surface area contributed by atoms with Gasteiger partial charge in [0.25, 0.3) is 0 Å². The Morgan fingerprint density at radius 1 is 0.575 bits per heavy atom. The van der Waals surface area contributed by atoms with Gasteiger partial charge >= 0.3 is 5.97 Å². The molecule has 0 aromatic rings. The van der Waals surface area contributed by atoms with Crippen LogP contribution in [0, 0.1) is 0 Å². The van der Waals surface area contributed by atoms with E-state index in [1.165, 1.54) is 17.1 Å². The fourth-order valence-corrected chi connectivity index (χ4v) is 3.05. The highest BCUT2D eigenvalue weighted by atomic mass is 16.6. The maximum atomic E-state index is 11.8. The van der Waals surface area contributed by atoms with Gasteiger partial charge in [-0.25, -0.2) is 4.90 Å². The zero-order valence-electron chi connectivity index (χ0n) is 23.1. The van der Waals surface area contributed by atoms with Crippen LogP contribution in [0.15, 0.2) is 12.2 Å². The van der Waals surface area contributed by atoms with Gasteiger partial charge in [0.15, 0.2) is 0 Å². The van der Waals surface area contributed by atoms with Gasteiger partial charge in [0.2, 0.25) is 5.91 Å². The molecule has 0 aliphatic carbocycles. The topological polar surface area (TPSA) is 184 Å². The van der Waals surface area contributed by atoms with Crippen LogP contribution in [0.2, 0.25) is 0 Å². The number of carbonyl (C=O) groups is 2. The largest absolute Gasteiger partial charge is 0.481 e. The highest BCUT2D eigenvalue weighted by molar-refractivity contribution is 5.78. The molecule has 0 fully saturated rings. The van der Waals surface area contributed by atoms with Crippen molar-refractivity contribution in [1.82, 2.24) is 10.2 Å². The first kappa shape index (κ1) is 36.3. The summed E-state index contributed by atoms with van der Waals surface area (Å²) in [6.07, 6.45) is 0.923. The number of nitrogens with zero attached hydrogens (tertiary/aromatic N) is 1. The van der Waals surface area contributed by atoms with E-state index in [0.29, 0.717) is 106 Å². The van der Waals surface area contributed by atoms with Gasteiger partial charge < -0.3 is 58.5 Å². The Kier molecular flexibility index (Phi) is 23.7. The number of aliphatic hydroxyl groups is 2. The van der Waals surface area contributed by atoms with E-state index < -0.39 is 18.4 Å². The third kappa shape index (κ3) is 22.0. The summed E-state index contributed by atoms with van der Waals surface area (Å²) in [5.74, 6) is -1.19. The van der Waals surface area contributed by atoms with Gasteiger partial charge in [0.05, 0.1) is 119 Å². The Morgan fingerprint density at radius 2 is 0.900 bits per heavy atom. The maximum Gasteiger partial charge on any atom is 0.305 e. The van der Waals surface area contributed by atoms with Crippen molar-refractivity contribution >= 4 is 11.9 Å². The molecule has 0 aromatic carbocycles. The number of amides is 1. The number of carboxylic acids is 1. The summed E-state index contributed by atoms with van der Waals surface area (Å²) in [5.41, 5.74) is 0. The Balaban J connectivity index is 1.68. The van der Waals surface area contributed by atoms with E-state index in [-0.39, 0.29) is 25.5 Å². The first-order chi connectivity index (χ1) is 19.5. The van der Waals surface area contributed by atoms with Gasteiger partial charge in [0.1, 0.15) is 12.5 Å². The van der Waals surface area contributed by atoms with Crippen molar-refractivity contribution in [2.45, 2.75) is 18.9 Å². The van der Waals surface area contributed by atoms with Crippen molar-refractivity contribution in [3.63, 3.8) is 0 Å². The number of hydrogen-bond donors (Lipinski definition) is 4. The third-order valence-corrected chi connectivity index (χ3v) is 5.09. The fraction of sp³-hybridized carbons (Fsp3) is 0.840. The maximum absolute atomic E-state index is 11.8. The summed E-state index contributed by atoms with van der Waals surface area (Å²) in [7, 11) is 0. The van der Waals surface area contributed by atoms with E-state index in [9.17, 15) is 19.8 Å². The molecule has 1 aliphatic heterocycles. The highest BCUT2D eigenvalue weighted by Crippen LogP contribution is 2.11. The monoisotopic (exact) mass is 582 g/mol. The molecule has 0 bridgehead atoms. The van der Waals surface area contributed by atoms with Crippen LogP contribution in [0.5, 0.6) is 0 Å². The van der Waals surface area contributed by atoms with Crippen LogP contribution < -0.4 is 5.32 Å². The van der Waals surface area contributed by atoms with Crippen LogP contribution in [-0.2, 0) is 47.5 Å². The van der Waals surface area contributed by atoms with Crippen LogP contribution in [0.4, 0.5) is 0 Å². The minimum atomic E-state index is -0.959. The average Bonchev–Trinajstić information content (AvgIpc) is 3.24. The van der Waals surface area contributed by atoms with E-state index in [2.05, 4.69) is 5.32 Å². The number of carbonyl (C=O) groups excluding carboxylic acids is 1. The zero-order valence-corrected chi connectivity index (χ0v) is 23.1. The molecule has 0 spiro atoms. The number of hydrogen-bond acceptors (Lipinski definition) is 13. The molecule has 1 heterocycles. The van der Waals surface area contributed by atoms with Gasteiger partial charge in [-0.05, 0) is 12.2 Å². The summed E-state index contributed by atoms with van der Waals surface area (Å²) in [5, 5.41) is 30.3. The molecule has 2 atom stereocenters. The van der Waals surface area contributed by atoms with E-state index in [1.54, 1.807) is 0 Å². The van der Waals surface area contributed by atoms with Gasteiger partial charge in [-0.2, -0.15) is 0 Å². The smallest absolute Gasteiger partial charge is 0.305 e. The highest BCUT2D eigenvalue weighted by Gasteiger charge is 2.26. The number of ether oxygens (including phenoxy) is 8. The fourth-order valence-electron chi connectivity index (χ4n) is 3.05. The quantitative estimate of drug-likeness (QED) is 0.0573. The predicted molar refractivity (Wildman–Crippen MR) is 140 cm³/mol. The Morgan fingerprint density at radius 3 is 1.25 bits per heavy atom. The third-order valence-electron chi connectivity index (χ3n) is 5.09. The van der Waals surface area contributed by atoms with E-state index >= 15 is 0 Å². The normalized spacial score (nSPS) is 17.1. The lowest BCUT2D eigenvalue weighted by Crippen LogP contribution is -2.44. The molecule has 0 radical (unpaired) electrons. The molecule has 0 saturated carbocycles. The summed E-state index contributed by atoms with van der Waals surface area (Å²) >= 11 is 0. The molecule has 234 valence electrons. The SMILES string of the molecule is O=C(O)CCOCCOCCOCCOCCOCCOCCOCCOCCNC(=O)CN1C(O)C=CC1O. The molecule has 2 unspecified atom stereocenters. The minimum absolute atomic E-state index is 0.0103. The van der Waals surface area contributed by atoms with Crippen LogP contribution >= 0.6 is 0 Å². The van der Waals surface area contributed by atoms with Crippen LogP contribution in [0.25, 0.3) is 0 Å².